The van der Waals surface area contributed by atoms with E-state index in [1.165, 1.54) is 6.07 Å². The normalized spacial score (nSPS) is 19.2. The zero-order chi connectivity index (χ0) is 23.3. The standard InChI is InChI=1S/C26H25FN4O2/c1-3-17-10-19(27)11-21-20(17)12-24(33)26(21)31-23-7-8-30(15(2)32)14-22(23)25(29-31)18-6-4-5-16(9-18)13-28/h4-6,9-11,24,26,33H,3,7-8,12,14H2,1-2H3/t24-,26+/m1/s1. The molecule has 1 aliphatic carbocycles. The molecule has 168 valence electrons. The fourth-order valence-corrected chi connectivity index (χ4v) is 5.28. The smallest absolute Gasteiger partial charge is 0.219 e. The number of nitrogens with zero attached hydrogens (tertiary/aromatic N) is 4. The van der Waals surface area contributed by atoms with E-state index in [1.807, 2.05) is 23.7 Å². The van der Waals surface area contributed by atoms with Crippen LogP contribution in [-0.4, -0.2) is 38.3 Å². The van der Waals surface area contributed by atoms with Gasteiger partial charge in [-0.1, -0.05) is 19.1 Å². The molecule has 6 nitrogen and oxygen atoms in total. The van der Waals surface area contributed by atoms with E-state index in [9.17, 15) is 19.6 Å². The van der Waals surface area contributed by atoms with Crippen LogP contribution in [0.25, 0.3) is 11.3 Å². The summed E-state index contributed by atoms with van der Waals surface area (Å²) in [7, 11) is 0. The fourth-order valence-electron chi connectivity index (χ4n) is 5.28. The Hall–Kier alpha value is -3.50. The van der Waals surface area contributed by atoms with Crippen molar-refractivity contribution < 1.29 is 14.3 Å². The maximum absolute atomic E-state index is 14.5. The molecule has 2 atom stereocenters. The third-order valence-electron chi connectivity index (χ3n) is 6.88. The van der Waals surface area contributed by atoms with Gasteiger partial charge in [-0.25, -0.2) is 4.39 Å². The van der Waals surface area contributed by atoms with Gasteiger partial charge in [-0.15, -0.1) is 0 Å². The van der Waals surface area contributed by atoms with Crippen molar-refractivity contribution in [2.45, 2.75) is 51.8 Å². The molecule has 0 saturated carbocycles. The zero-order valence-corrected chi connectivity index (χ0v) is 18.7. The molecular formula is C26H25FN4O2. The Morgan fingerprint density at radius 2 is 2.12 bits per heavy atom. The number of amides is 1. The van der Waals surface area contributed by atoms with Crippen LogP contribution in [0.15, 0.2) is 36.4 Å². The second-order valence-electron chi connectivity index (χ2n) is 8.80. The molecule has 5 rings (SSSR count). The van der Waals surface area contributed by atoms with Crippen molar-refractivity contribution in [3.05, 3.63) is 75.7 Å². The summed E-state index contributed by atoms with van der Waals surface area (Å²) in [5, 5.41) is 25.4. The maximum atomic E-state index is 14.5. The summed E-state index contributed by atoms with van der Waals surface area (Å²) in [6.45, 7) is 4.51. The minimum Gasteiger partial charge on any atom is -0.390 e. The molecule has 2 aromatic carbocycles. The van der Waals surface area contributed by atoms with Crippen LogP contribution in [0.2, 0.25) is 0 Å². The van der Waals surface area contributed by atoms with Gasteiger partial charge in [0.25, 0.3) is 0 Å². The molecule has 0 spiro atoms. The van der Waals surface area contributed by atoms with E-state index in [2.05, 4.69) is 6.07 Å². The third-order valence-corrected chi connectivity index (χ3v) is 6.88. The van der Waals surface area contributed by atoms with E-state index in [0.29, 0.717) is 43.6 Å². The van der Waals surface area contributed by atoms with Crippen LogP contribution in [0.5, 0.6) is 0 Å². The first kappa shape index (κ1) is 21.4. The van der Waals surface area contributed by atoms with Gasteiger partial charge in [-0.2, -0.15) is 10.4 Å². The molecule has 1 aromatic heterocycles. The maximum Gasteiger partial charge on any atom is 0.219 e. The van der Waals surface area contributed by atoms with Crippen molar-refractivity contribution in [2.24, 2.45) is 0 Å². The number of hydrogen-bond donors (Lipinski definition) is 1. The number of aromatic nitrogens is 2. The van der Waals surface area contributed by atoms with Gasteiger partial charge in [0.15, 0.2) is 0 Å². The molecule has 0 fully saturated rings. The molecule has 3 aromatic rings. The number of benzene rings is 2. The highest BCUT2D eigenvalue weighted by molar-refractivity contribution is 5.75. The summed E-state index contributed by atoms with van der Waals surface area (Å²) in [6, 6.07) is 12.0. The summed E-state index contributed by atoms with van der Waals surface area (Å²) >= 11 is 0. The first-order chi connectivity index (χ1) is 15.9. The molecule has 1 N–H and O–H groups in total. The highest BCUT2D eigenvalue weighted by Gasteiger charge is 2.38. The molecule has 0 radical (unpaired) electrons. The highest BCUT2D eigenvalue weighted by Crippen LogP contribution is 2.41. The largest absolute Gasteiger partial charge is 0.390 e. The van der Waals surface area contributed by atoms with E-state index in [1.54, 1.807) is 30.0 Å². The van der Waals surface area contributed by atoms with Gasteiger partial charge in [-0.05, 0) is 47.4 Å². The number of nitriles is 1. The second-order valence-corrected chi connectivity index (χ2v) is 8.80. The average Bonchev–Trinajstić information content (AvgIpc) is 3.34. The minimum absolute atomic E-state index is 0.00830. The number of carbonyl (C=O) groups is 1. The number of fused-ring (bicyclic) bond motifs is 2. The molecule has 0 bridgehead atoms. The first-order valence-electron chi connectivity index (χ1n) is 11.3. The van der Waals surface area contributed by atoms with Gasteiger partial charge in [0.05, 0.1) is 23.4 Å². The van der Waals surface area contributed by atoms with Gasteiger partial charge in [0.1, 0.15) is 11.9 Å². The Labute approximate surface area is 191 Å². The summed E-state index contributed by atoms with van der Waals surface area (Å²) in [4.78, 5) is 13.9. The van der Waals surface area contributed by atoms with Crippen LogP contribution < -0.4 is 0 Å². The van der Waals surface area contributed by atoms with Gasteiger partial charge in [0, 0.05) is 49.7 Å². The molecule has 0 saturated heterocycles. The van der Waals surface area contributed by atoms with Crippen LogP contribution >= 0.6 is 0 Å². The van der Waals surface area contributed by atoms with Crippen molar-refractivity contribution in [1.29, 1.82) is 5.26 Å². The van der Waals surface area contributed by atoms with Crippen molar-refractivity contribution in [2.75, 3.05) is 6.54 Å². The third kappa shape index (κ3) is 3.51. The van der Waals surface area contributed by atoms with Gasteiger partial charge in [0.2, 0.25) is 5.91 Å². The number of hydrogen-bond acceptors (Lipinski definition) is 4. The quantitative estimate of drug-likeness (QED) is 0.670. The van der Waals surface area contributed by atoms with Crippen LogP contribution in [-0.2, 0) is 30.6 Å². The minimum atomic E-state index is -0.722. The van der Waals surface area contributed by atoms with Crippen LogP contribution in [0.4, 0.5) is 4.39 Å². The van der Waals surface area contributed by atoms with Gasteiger partial charge < -0.3 is 10.0 Å². The molecule has 1 amide bonds. The number of aryl methyl sites for hydroxylation is 1. The van der Waals surface area contributed by atoms with E-state index in [4.69, 9.17) is 5.10 Å². The molecular weight excluding hydrogens is 419 g/mol. The lowest BCUT2D eigenvalue weighted by Crippen LogP contribution is -2.35. The number of rotatable bonds is 3. The number of aliphatic hydroxyl groups is 1. The lowest BCUT2D eigenvalue weighted by atomic mass is 9.98. The molecule has 1 aliphatic heterocycles. The first-order valence-corrected chi connectivity index (χ1v) is 11.3. The summed E-state index contributed by atoms with van der Waals surface area (Å²) in [5.74, 6) is -0.318. The highest BCUT2D eigenvalue weighted by atomic mass is 19.1. The van der Waals surface area contributed by atoms with Crippen LogP contribution in [0.3, 0.4) is 0 Å². The Balaban J connectivity index is 1.70. The number of aliphatic hydroxyl groups excluding tert-OH is 1. The molecule has 0 unspecified atom stereocenters. The van der Waals surface area contributed by atoms with Crippen molar-refractivity contribution in [3.8, 4) is 17.3 Å². The van der Waals surface area contributed by atoms with Crippen molar-refractivity contribution in [1.82, 2.24) is 14.7 Å². The number of halogens is 1. The SMILES string of the molecule is CCc1cc(F)cc2c1C[C@@H](O)[C@H]2n1nc(-c2cccc(C#N)c2)c2c1CCN(C(C)=O)C2. The second kappa shape index (κ2) is 8.13. The lowest BCUT2D eigenvalue weighted by Gasteiger charge is -2.28. The monoisotopic (exact) mass is 444 g/mol. The van der Waals surface area contributed by atoms with Crippen molar-refractivity contribution >= 4 is 5.91 Å². The average molecular weight is 445 g/mol. The molecule has 2 aliphatic rings. The lowest BCUT2D eigenvalue weighted by molar-refractivity contribution is -0.129. The predicted molar refractivity (Wildman–Crippen MR) is 121 cm³/mol. The summed E-state index contributed by atoms with van der Waals surface area (Å²) in [5.41, 5.74) is 6.55. The van der Waals surface area contributed by atoms with Crippen molar-refractivity contribution in [3.63, 3.8) is 0 Å². The Morgan fingerprint density at radius 1 is 1.30 bits per heavy atom. The van der Waals surface area contributed by atoms with E-state index in [0.717, 1.165) is 33.5 Å². The topological polar surface area (TPSA) is 82.2 Å². The fraction of sp³-hybridized carbons (Fsp3) is 0.346. The molecule has 2 heterocycles. The van der Waals surface area contributed by atoms with Gasteiger partial charge in [-0.3, -0.25) is 9.48 Å². The summed E-state index contributed by atoms with van der Waals surface area (Å²) in [6.07, 6.45) is 1.02. The molecule has 33 heavy (non-hydrogen) atoms. The zero-order valence-electron chi connectivity index (χ0n) is 18.7. The van der Waals surface area contributed by atoms with E-state index < -0.39 is 12.1 Å². The summed E-state index contributed by atoms with van der Waals surface area (Å²) < 4.78 is 16.3. The van der Waals surface area contributed by atoms with E-state index in [-0.39, 0.29) is 11.7 Å². The van der Waals surface area contributed by atoms with Gasteiger partial charge >= 0.3 is 0 Å². The Morgan fingerprint density at radius 3 is 2.85 bits per heavy atom. The van der Waals surface area contributed by atoms with E-state index >= 15 is 0 Å². The Bertz CT molecular complexity index is 1310. The number of carbonyl (C=O) groups excluding carboxylic acids is 1. The molecule has 7 heteroatoms. The van der Waals surface area contributed by atoms with Crippen LogP contribution in [0, 0.1) is 17.1 Å². The predicted octanol–water partition coefficient (Wildman–Crippen LogP) is 3.53. The van der Waals surface area contributed by atoms with Crippen LogP contribution in [0.1, 0.15) is 53.4 Å². The Kier molecular flexibility index (Phi) is 5.26.